The third-order valence-electron chi connectivity index (χ3n) is 2.69. The SMILES string of the molecule is CC(C)C[C@@H](N)c1nc(-c2ccc(O)c(F)c2)no1. The van der Waals surface area contributed by atoms with Crippen molar-refractivity contribution in [3.63, 3.8) is 0 Å². The number of hydrogen-bond acceptors (Lipinski definition) is 5. The van der Waals surface area contributed by atoms with Gasteiger partial charge in [0.2, 0.25) is 11.7 Å². The van der Waals surface area contributed by atoms with Crippen molar-refractivity contribution in [2.75, 3.05) is 0 Å². The van der Waals surface area contributed by atoms with Crippen LogP contribution in [0.2, 0.25) is 0 Å². The first-order valence-electron chi connectivity index (χ1n) is 6.05. The highest BCUT2D eigenvalue weighted by Crippen LogP contribution is 2.24. The van der Waals surface area contributed by atoms with Crippen molar-refractivity contribution in [1.29, 1.82) is 0 Å². The Balaban J connectivity index is 2.22. The maximum absolute atomic E-state index is 13.2. The molecule has 5 nitrogen and oxygen atoms in total. The highest BCUT2D eigenvalue weighted by Gasteiger charge is 2.17. The molecule has 102 valence electrons. The standard InChI is InChI=1S/C13H16FN3O2/c1-7(2)5-10(15)13-16-12(17-19-13)8-3-4-11(18)9(14)6-8/h3-4,6-7,10,18H,5,15H2,1-2H3/t10-/m1/s1. The molecule has 0 saturated carbocycles. The van der Waals surface area contributed by atoms with Gasteiger partial charge in [0.1, 0.15) is 0 Å². The van der Waals surface area contributed by atoms with Gasteiger partial charge in [-0.25, -0.2) is 4.39 Å². The van der Waals surface area contributed by atoms with Gasteiger partial charge < -0.3 is 15.4 Å². The average Bonchev–Trinajstić information content (AvgIpc) is 2.81. The van der Waals surface area contributed by atoms with E-state index in [1.165, 1.54) is 12.1 Å². The summed E-state index contributed by atoms with van der Waals surface area (Å²) in [7, 11) is 0. The van der Waals surface area contributed by atoms with E-state index in [1.807, 2.05) is 13.8 Å². The van der Waals surface area contributed by atoms with E-state index >= 15 is 0 Å². The summed E-state index contributed by atoms with van der Waals surface area (Å²) in [5, 5.41) is 12.9. The van der Waals surface area contributed by atoms with Crippen molar-refractivity contribution in [2.45, 2.75) is 26.3 Å². The third kappa shape index (κ3) is 3.08. The summed E-state index contributed by atoms with van der Waals surface area (Å²) in [5.74, 6) is -0.138. The van der Waals surface area contributed by atoms with E-state index in [4.69, 9.17) is 15.4 Å². The minimum absolute atomic E-state index is 0.258. The molecule has 19 heavy (non-hydrogen) atoms. The lowest BCUT2D eigenvalue weighted by Crippen LogP contribution is -2.13. The molecule has 6 heteroatoms. The summed E-state index contributed by atoms with van der Waals surface area (Å²) in [4.78, 5) is 4.15. The van der Waals surface area contributed by atoms with Crippen LogP contribution in [0.1, 0.15) is 32.2 Å². The number of phenols is 1. The van der Waals surface area contributed by atoms with Crippen molar-refractivity contribution in [3.8, 4) is 17.1 Å². The van der Waals surface area contributed by atoms with Crippen LogP contribution < -0.4 is 5.73 Å². The van der Waals surface area contributed by atoms with Gasteiger partial charge in [-0.15, -0.1) is 0 Å². The second-order valence-electron chi connectivity index (χ2n) is 4.86. The van der Waals surface area contributed by atoms with E-state index < -0.39 is 11.6 Å². The summed E-state index contributed by atoms with van der Waals surface area (Å²) < 4.78 is 18.3. The summed E-state index contributed by atoms with van der Waals surface area (Å²) >= 11 is 0. The molecule has 1 aromatic carbocycles. The Hall–Kier alpha value is -1.95. The van der Waals surface area contributed by atoms with Gasteiger partial charge in [-0.05, 0) is 30.5 Å². The third-order valence-corrected chi connectivity index (χ3v) is 2.69. The molecule has 0 aliphatic carbocycles. The molecule has 1 heterocycles. The van der Waals surface area contributed by atoms with Gasteiger partial charge in [-0.3, -0.25) is 0 Å². The van der Waals surface area contributed by atoms with Crippen molar-refractivity contribution in [3.05, 3.63) is 29.9 Å². The Bertz CT molecular complexity index is 569. The summed E-state index contributed by atoms with van der Waals surface area (Å²) in [5.41, 5.74) is 6.36. The number of rotatable bonds is 4. The maximum Gasteiger partial charge on any atom is 0.243 e. The number of nitrogens with two attached hydrogens (primary N) is 1. The van der Waals surface area contributed by atoms with Crippen molar-refractivity contribution in [2.24, 2.45) is 11.7 Å². The van der Waals surface area contributed by atoms with Crippen LogP contribution in [0, 0.1) is 11.7 Å². The average molecular weight is 265 g/mol. The molecule has 1 atom stereocenters. The van der Waals surface area contributed by atoms with Gasteiger partial charge >= 0.3 is 0 Å². The molecule has 0 bridgehead atoms. The number of nitrogens with zero attached hydrogens (tertiary/aromatic N) is 2. The highest BCUT2D eigenvalue weighted by molar-refractivity contribution is 5.55. The highest BCUT2D eigenvalue weighted by atomic mass is 19.1. The first kappa shape index (κ1) is 13.5. The van der Waals surface area contributed by atoms with Gasteiger partial charge in [0.05, 0.1) is 6.04 Å². The van der Waals surface area contributed by atoms with E-state index in [2.05, 4.69) is 10.1 Å². The molecule has 0 aliphatic heterocycles. The monoisotopic (exact) mass is 265 g/mol. The van der Waals surface area contributed by atoms with Crippen LogP contribution in [-0.4, -0.2) is 15.2 Å². The van der Waals surface area contributed by atoms with Crippen molar-refractivity contribution < 1.29 is 14.0 Å². The van der Waals surface area contributed by atoms with Gasteiger partial charge in [-0.1, -0.05) is 19.0 Å². The summed E-state index contributed by atoms with van der Waals surface area (Å²) in [6, 6.07) is 3.58. The number of halogens is 1. The Morgan fingerprint density at radius 3 is 2.79 bits per heavy atom. The Morgan fingerprint density at radius 2 is 2.16 bits per heavy atom. The van der Waals surface area contributed by atoms with Crippen LogP contribution >= 0.6 is 0 Å². The molecular formula is C13H16FN3O2. The molecule has 0 unspecified atom stereocenters. The zero-order chi connectivity index (χ0) is 14.0. The Labute approximate surface area is 110 Å². The zero-order valence-electron chi connectivity index (χ0n) is 10.8. The summed E-state index contributed by atoms with van der Waals surface area (Å²) in [6.07, 6.45) is 0.728. The van der Waals surface area contributed by atoms with Gasteiger partial charge in [0, 0.05) is 5.56 Å². The Morgan fingerprint density at radius 1 is 1.42 bits per heavy atom. The molecule has 3 N–H and O–H groups in total. The van der Waals surface area contributed by atoms with Gasteiger partial charge in [0.25, 0.3) is 0 Å². The first-order chi connectivity index (χ1) is 8.97. The topological polar surface area (TPSA) is 85.2 Å². The molecule has 0 fully saturated rings. The van der Waals surface area contributed by atoms with E-state index in [1.54, 1.807) is 0 Å². The van der Waals surface area contributed by atoms with Crippen LogP contribution in [0.15, 0.2) is 22.7 Å². The second kappa shape index (κ2) is 5.36. The quantitative estimate of drug-likeness (QED) is 0.887. The number of hydrogen-bond donors (Lipinski definition) is 2. The lowest BCUT2D eigenvalue weighted by atomic mass is 10.0. The fraction of sp³-hybridized carbons (Fsp3) is 0.385. The van der Waals surface area contributed by atoms with E-state index in [0.29, 0.717) is 17.4 Å². The lowest BCUT2D eigenvalue weighted by molar-refractivity contribution is 0.335. The smallest absolute Gasteiger partial charge is 0.243 e. The van der Waals surface area contributed by atoms with E-state index in [-0.39, 0.29) is 11.9 Å². The molecule has 0 aliphatic rings. The van der Waals surface area contributed by atoms with Crippen molar-refractivity contribution in [1.82, 2.24) is 10.1 Å². The molecule has 0 saturated heterocycles. The van der Waals surface area contributed by atoms with Crippen molar-refractivity contribution >= 4 is 0 Å². The lowest BCUT2D eigenvalue weighted by Gasteiger charge is -2.08. The van der Waals surface area contributed by atoms with Crippen LogP contribution in [-0.2, 0) is 0 Å². The van der Waals surface area contributed by atoms with Gasteiger partial charge in [-0.2, -0.15) is 4.98 Å². The summed E-state index contributed by atoms with van der Waals surface area (Å²) in [6.45, 7) is 4.10. The molecule has 0 amide bonds. The fourth-order valence-corrected chi connectivity index (χ4v) is 1.76. The second-order valence-corrected chi connectivity index (χ2v) is 4.86. The molecule has 0 spiro atoms. The van der Waals surface area contributed by atoms with Gasteiger partial charge in [0.15, 0.2) is 11.6 Å². The molecule has 1 aromatic heterocycles. The predicted octanol–water partition coefficient (Wildman–Crippen LogP) is 2.63. The van der Waals surface area contributed by atoms with Crippen LogP contribution in [0.25, 0.3) is 11.4 Å². The Kier molecular flexibility index (Phi) is 3.80. The molecule has 2 rings (SSSR count). The number of aromatic hydroxyl groups is 1. The van der Waals surface area contributed by atoms with E-state index in [0.717, 1.165) is 12.5 Å². The number of benzene rings is 1. The molecule has 0 radical (unpaired) electrons. The fourth-order valence-electron chi connectivity index (χ4n) is 1.76. The maximum atomic E-state index is 13.2. The molecule has 2 aromatic rings. The van der Waals surface area contributed by atoms with Crippen LogP contribution in [0.3, 0.4) is 0 Å². The zero-order valence-corrected chi connectivity index (χ0v) is 10.8. The normalized spacial score (nSPS) is 12.9. The molecular weight excluding hydrogens is 249 g/mol. The minimum Gasteiger partial charge on any atom is -0.505 e. The van der Waals surface area contributed by atoms with E-state index in [9.17, 15) is 4.39 Å². The largest absolute Gasteiger partial charge is 0.505 e. The number of aromatic nitrogens is 2. The predicted molar refractivity (Wildman–Crippen MR) is 67.7 cm³/mol. The van der Waals surface area contributed by atoms with Crippen LogP contribution in [0.4, 0.5) is 4.39 Å². The first-order valence-corrected chi connectivity index (χ1v) is 6.05. The number of phenolic OH excluding ortho intramolecular Hbond substituents is 1. The van der Waals surface area contributed by atoms with Crippen LogP contribution in [0.5, 0.6) is 5.75 Å². The minimum atomic E-state index is -0.727.